The van der Waals surface area contributed by atoms with Crippen molar-refractivity contribution in [1.29, 1.82) is 0 Å². The normalized spacial score (nSPS) is 16.6. The van der Waals surface area contributed by atoms with Gasteiger partial charge in [0.15, 0.2) is 5.96 Å². The van der Waals surface area contributed by atoms with Gasteiger partial charge in [-0.25, -0.2) is 4.79 Å². The van der Waals surface area contributed by atoms with E-state index < -0.39 is 5.60 Å². The Labute approximate surface area is 204 Å². The van der Waals surface area contributed by atoms with Crippen LogP contribution in [0.4, 0.5) is 4.79 Å². The van der Waals surface area contributed by atoms with Crippen molar-refractivity contribution in [3.05, 3.63) is 35.9 Å². The minimum atomic E-state index is -0.483. The average molecular weight is 546 g/mol. The van der Waals surface area contributed by atoms with Gasteiger partial charge in [0.1, 0.15) is 5.60 Å². The summed E-state index contributed by atoms with van der Waals surface area (Å²) in [6.07, 6.45) is 2.50. The Kier molecular flexibility index (Phi) is 12.9. The van der Waals surface area contributed by atoms with Gasteiger partial charge in [-0.2, -0.15) is 0 Å². The summed E-state index contributed by atoms with van der Waals surface area (Å²) in [5, 5.41) is 6.33. The van der Waals surface area contributed by atoms with E-state index in [0.717, 1.165) is 58.0 Å². The molecule has 1 atom stereocenters. The number of guanidine groups is 1. The fourth-order valence-electron chi connectivity index (χ4n) is 3.24. The quantitative estimate of drug-likeness (QED) is 0.211. The van der Waals surface area contributed by atoms with E-state index in [9.17, 15) is 4.79 Å². The molecule has 0 bridgehead atoms. The Bertz CT molecular complexity index is 665. The van der Waals surface area contributed by atoms with Crippen LogP contribution in [-0.2, 0) is 16.1 Å². The monoisotopic (exact) mass is 546 g/mol. The van der Waals surface area contributed by atoms with Crippen LogP contribution in [0, 0.1) is 0 Å². The fourth-order valence-corrected chi connectivity index (χ4v) is 3.24. The summed E-state index contributed by atoms with van der Waals surface area (Å²) < 4.78 is 11.1. The lowest BCUT2D eigenvalue weighted by molar-refractivity contribution is 0.0507. The molecule has 31 heavy (non-hydrogen) atoms. The smallest absolute Gasteiger partial charge is 0.407 e. The van der Waals surface area contributed by atoms with Crippen molar-refractivity contribution in [2.45, 2.75) is 65.2 Å². The molecule has 1 aromatic carbocycles. The summed E-state index contributed by atoms with van der Waals surface area (Å²) in [5.74, 6) is 0.913. The number of amides is 1. The Morgan fingerprint density at radius 2 is 1.97 bits per heavy atom. The third kappa shape index (κ3) is 11.6. The van der Waals surface area contributed by atoms with Gasteiger partial charge in [-0.3, -0.25) is 4.99 Å². The van der Waals surface area contributed by atoms with E-state index in [-0.39, 0.29) is 36.1 Å². The number of benzene rings is 1. The first-order valence-corrected chi connectivity index (χ1v) is 11.0. The highest BCUT2D eigenvalue weighted by atomic mass is 127. The molecule has 1 aliphatic rings. The van der Waals surface area contributed by atoms with Crippen LogP contribution in [0.3, 0.4) is 0 Å². The maximum absolute atomic E-state index is 12.0. The zero-order valence-electron chi connectivity index (χ0n) is 19.4. The van der Waals surface area contributed by atoms with Gasteiger partial charge in [0.05, 0.1) is 12.6 Å². The van der Waals surface area contributed by atoms with Crippen LogP contribution in [0.5, 0.6) is 0 Å². The van der Waals surface area contributed by atoms with Crippen LogP contribution in [-0.4, -0.2) is 61.4 Å². The Morgan fingerprint density at radius 3 is 2.65 bits per heavy atom. The molecule has 1 amide bonds. The number of nitrogens with zero attached hydrogens (tertiary/aromatic N) is 2. The van der Waals surface area contributed by atoms with E-state index in [2.05, 4.69) is 34.6 Å². The van der Waals surface area contributed by atoms with Gasteiger partial charge < -0.3 is 25.0 Å². The number of carbonyl (C=O) groups is 1. The van der Waals surface area contributed by atoms with Crippen LogP contribution in [0.2, 0.25) is 0 Å². The number of carbonyl (C=O) groups excluding carboxylic acids is 1. The molecule has 7 nitrogen and oxygen atoms in total. The maximum atomic E-state index is 12.0. The summed E-state index contributed by atoms with van der Waals surface area (Å²) in [4.78, 5) is 19.0. The lowest BCUT2D eigenvalue weighted by Crippen LogP contribution is -2.44. The Morgan fingerprint density at radius 1 is 1.23 bits per heavy atom. The first-order valence-electron chi connectivity index (χ1n) is 11.0. The summed E-state index contributed by atoms with van der Waals surface area (Å²) >= 11 is 0. The van der Waals surface area contributed by atoms with Crippen molar-refractivity contribution >= 4 is 36.0 Å². The Hall–Kier alpha value is -1.55. The molecule has 0 aliphatic carbocycles. The standard InChI is InChI=1S/C23H38N4O3.HI/c1-5-24-21(25-14-9-10-16-29-18-19-11-7-6-8-12-19)27-15-13-20(17-27)26-22(28)30-23(2,3)4;/h6-8,11-12,20H,5,9-10,13-18H2,1-4H3,(H,24,25)(H,26,28);1H. The molecule has 0 spiro atoms. The van der Waals surface area contributed by atoms with Crippen molar-refractivity contribution in [3.8, 4) is 0 Å². The van der Waals surface area contributed by atoms with Gasteiger partial charge in [-0.15, -0.1) is 24.0 Å². The van der Waals surface area contributed by atoms with E-state index in [1.807, 2.05) is 39.0 Å². The fraction of sp³-hybridized carbons (Fsp3) is 0.652. The highest BCUT2D eigenvalue weighted by Gasteiger charge is 2.27. The minimum Gasteiger partial charge on any atom is -0.444 e. The molecule has 1 aliphatic heterocycles. The second-order valence-corrected chi connectivity index (χ2v) is 8.56. The number of likely N-dealkylation sites (tertiary alicyclic amines) is 1. The van der Waals surface area contributed by atoms with Crippen LogP contribution < -0.4 is 10.6 Å². The number of alkyl carbamates (subject to hydrolysis) is 1. The lowest BCUT2D eigenvalue weighted by Gasteiger charge is -2.23. The molecule has 1 heterocycles. The zero-order chi connectivity index (χ0) is 21.8. The predicted molar refractivity (Wildman–Crippen MR) is 136 cm³/mol. The molecule has 1 fully saturated rings. The lowest BCUT2D eigenvalue weighted by atomic mass is 10.2. The topological polar surface area (TPSA) is 75.2 Å². The van der Waals surface area contributed by atoms with Crippen LogP contribution >= 0.6 is 24.0 Å². The molecule has 176 valence electrons. The van der Waals surface area contributed by atoms with Gasteiger partial charge in [0.25, 0.3) is 0 Å². The second-order valence-electron chi connectivity index (χ2n) is 8.56. The molecule has 1 aromatic rings. The van der Waals surface area contributed by atoms with Crippen molar-refractivity contribution in [3.63, 3.8) is 0 Å². The molecule has 0 radical (unpaired) electrons. The molecular formula is C23H39IN4O3. The van der Waals surface area contributed by atoms with E-state index in [1.54, 1.807) is 0 Å². The molecule has 2 N–H and O–H groups in total. The van der Waals surface area contributed by atoms with Crippen LogP contribution in [0.1, 0.15) is 52.5 Å². The van der Waals surface area contributed by atoms with E-state index in [0.29, 0.717) is 6.61 Å². The molecule has 1 saturated heterocycles. The molecule has 1 unspecified atom stereocenters. The van der Waals surface area contributed by atoms with Crippen molar-refractivity contribution in [1.82, 2.24) is 15.5 Å². The van der Waals surface area contributed by atoms with E-state index in [4.69, 9.17) is 14.5 Å². The van der Waals surface area contributed by atoms with Gasteiger partial charge in [-0.05, 0) is 52.5 Å². The third-order valence-corrected chi connectivity index (χ3v) is 4.61. The van der Waals surface area contributed by atoms with Gasteiger partial charge >= 0.3 is 6.09 Å². The number of hydrogen-bond donors (Lipinski definition) is 2. The van der Waals surface area contributed by atoms with Crippen LogP contribution in [0.15, 0.2) is 35.3 Å². The summed E-state index contributed by atoms with van der Waals surface area (Å²) in [7, 11) is 0. The largest absolute Gasteiger partial charge is 0.444 e. The SMILES string of the molecule is CCNC(=NCCCCOCc1ccccc1)N1CCC(NC(=O)OC(C)(C)C)C1.I. The average Bonchev–Trinajstić information content (AvgIpc) is 3.13. The van der Waals surface area contributed by atoms with Crippen molar-refractivity contribution in [2.24, 2.45) is 4.99 Å². The highest BCUT2D eigenvalue weighted by Crippen LogP contribution is 2.12. The maximum Gasteiger partial charge on any atom is 0.407 e. The predicted octanol–water partition coefficient (Wildman–Crippen LogP) is 4.17. The third-order valence-electron chi connectivity index (χ3n) is 4.61. The number of unbranched alkanes of at least 4 members (excludes halogenated alkanes) is 1. The first-order chi connectivity index (χ1) is 14.4. The molecule has 0 aromatic heterocycles. The Balaban J connectivity index is 0.00000480. The van der Waals surface area contributed by atoms with Crippen molar-refractivity contribution in [2.75, 3.05) is 32.8 Å². The van der Waals surface area contributed by atoms with Gasteiger partial charge in [0, 0.05) is 32.8 Å². The number of nitrogens with one attached hydrogen (secondary N) is 2. The number of ether oxygens (including phenoxy) is 2. The summed E-state index contributed by atoms with van der Waals surface area (Å²) in [6, 6.07) is 10.3. The van der Waals surface area contributed by atoms with E-state index in [1.165, 1.54) is 5.56 Å². The van der Waals surface area contributed by atoms with E-state index >= 15 is 0 Å². The van der Waals surface area contributed by atoms with Crippen LogP contribution in [0.25, 0.3) is 0 Å². The molecule has 2 rings (SSSR count). The number of aliphatic imine (C=N–C) groups is 1. The number of rotatable bonds is 9. The summed E-state index contributed by atoms with van der Waals surface area (Å²) in [6.45, 7) is 12.3. The number of hydrogen-bond acceptors (Lipinski definition) is 4. The summed E-state index contributed by atoms with van der Waals surface area (Å²) in [5.41, 5.74) is 0.720. The van der Waals surface area contributed by atoms with Crippen molar-refractivity contribution < 1.29 is 14.3 Å². The minimum absolute atomic E-state index is 0. The molecule has 0 saturated carbocycles. The first kappa shape index (κ1) is 27.5. The highest BCUT2D eigenvalue weighted by molar-refractivity contribution is 14.0. The zero-order valence-corrected chi connectivity index (χ0v) is 21.7. The second kappa shape index (κ2) is 14.5. The van der Waals surface area contributed by atoms with Gasteiger partial charge in [-0.1, -0.05) is 30.3 Å². The molecular weight excluding hydrogens is 507 g/mol. The van der Waals surface area contributed by atoms with Gasteiger partial charge in [0.2, 0.25) is 0 Å². The number of halogens is 1. The molecule has 8 heteroatoms.